The fourth-order valence-corrected chi connectivity index (χ4v) is 13.0. The smallest absolute Gasteiger partial charge is 0.0520 e. The number of nitrogens with one attached hydrogen (secondary N) is 1. The Morgan fingerprint density at radius 3 is 1.80 bits per heavy atom. The van der Waals surface area contributed by atoms with Crippen molar-refractivity contribution in [3.8, 4) is 11.1 Å². The molecule has 5 aromatic rings. The Kier molecular flexibility index (Phi) is 11.4. The van der Waals surface area contributed by atoms with E-state index in [1.54, 1.807) is 11.1 Å². The molecule has 5 aromatic carbocycles. The predicted molar refractivity (Wildman–Crippen MR) is 258 cm³/mol. The second-order valence-electron chi connectivity index (χ2n) is 19.6. The van der Waals surface area contributed by atoms with Gasteiger partial charge in [0.25, 0.3) is 0 Å². The highest BCUT2D eigenvalue weighted by Crippen LogP contribution is 2.68. The molecule has 1 N–H and O–H groups in total. The van der Waals surface area contributed by atoms with Gasteiger partial charge in [0.05, 0.1) is 5.69 Å². The second-order valence-corrected chi connectivity index (χ2v) is 19.6. The number of anilines is 4. The summed E-state index contributed by atoms with van der Waals surface area (Å²) in [6.45, 7) is 16.3. The monoisotopic (exact) mass is 795 g/mol. The Morgan fingerprint density at radius 1 is 0.617 bits per heavy atom. The molecule has 0 aromatic heterocycles. The van der Waals surface area contributed by atoms with Crippen molar-refractivity contribution in [2.24, 2.45) is 11.8 Å². The first-order valence-electron chi connectivity index (χ1n) is 24.0. The fourth-order valence-electron chi connectivity index (χ4n) is 13.0. The maximum atomic E-state index is 3.90. The summed E-state index contributed by atoms with van der Waals surface area (Å²) in [6, 6.07) is 39.2. The summed E-state index contributed by atoms with van der Waals surface area (Å²) >= 11 is 0. The predicted octanol–water partition coefficient (Wildman–Crippen LogP) is 15.8. The van der Waals surface area contributed by atoms with Gasteiger partial charge in [-0.2, -0.15) is 0 Å². The number of hydrogen-bond acceptors (Lipinski definition) is 2. The van der Waals surface area contributed by atoms with Gasteiger partial charge in [-0.15, -0.1) is 0 Å². The lowest BCUT2D eigenvalue weighted by Crippen LogP contribution is -2.50. The van der Waals surface area contributed by atoms with E-state index in [0.717, 1.165) is 25.7 Å². The molecule has 60 heavy (non-hydrogen) atoms. The van der Waals surface area contributed by atoms with Crippen molar-refractivity contribution in [2.45, 2.75) is 155 Å². The number of rotatable bonds is 12. The van der Waals surface area contributed by atoms with Crippen LogP contribution in [-0.2, 0) is 36.5 Å². The summed E-state index contributed by atoms with van der Waals surface area (Å²) in [4.78, 5) is 2.60. The van der Waals surface area contributed by atoms with Crippen molar-refractivity contribution in [3.05, 3.63) is 153 Å². The minimum Gasteiger partial charge on any atom is -0.378 e. The Morgan fingerprint density at radius 2 is 1.18 bits per heavy atom. The quantitative estimate of drug-likeness (QED) is 0.127. The third-order valence-corrected chi connectivity index (χ3v) is 15.9. The average Bonchev–Trinajstić information content (AvgIpc) is 3.68. The van der Waals surface area contributed by atoms with Gasteiger partial charge in [0.15, 0.2) is 0 Å². The SMILES string of the molecule is CCCCc1cc(C)c(N(c2ccc(CC)cc2)c2ccc3c(c2)C24CCCCC2(CCC4)c2cc(CC4C=C(C)C(Nc5ccc(CC)cc5)C(C)C4)ccc2-3)c(C)c1. The molecule has 312 valence electrons. The van der Waals surface area contributed by atoms with Gasteiger partial charge in [-0.1, -0.05) is 126 Å². The summed E-state index contributed by atoms with van der Waals surface area (Å²) in [7, 11) is 0. The molecule has 2 fully saturated rings. The zero-order valence-electron chi connectivity index (χ0n) is 37.9. The number of nitrogens with zero attached hydrogens (tertiary/aromatic N) is 1. The third-order valence-electron chi connectivity index (χ3n) is 15.9. The molecule has 0 amide bonds. The van der Waals surface area contributed by atoms with Crippen LogP contribution >= 0.6 is 0 Å². The Hall–Kier alpha value is -4.56. The molecule has 4 aliphatic carbocycles. The first-order valence-corrected chi connectivity index (χ1v) is 24.0. The molecule has 0 bridgehead atoms. The third kappa shape index (κ3) is 7.14. The molecule has 0 aliphatic heterocycles. The number of fused-ring (bicyclic) bond motifs is 3. The standard InChI is InChI=1S/C58H70N2/c1-8-11-15-45-34-41(6)56(42(7)35-45)60(49-23-18-44(10-3)19-24-49)50-25-27-52-51-26-20-46(37-53(51)57-28-12-13-29-58(57,31-14-30-57)54(52)38-50)36-47-32-39(4)55(40(5)33-47)59-48-21-16-43(9-2)17-22-48/h16-27,32,34-35,37-38,40,47,55,59H,8-15,28-31,33,36H2,1-7H3. The molecule has 0 radical (unpaired) electrons. The van der Waals surface area contributed by atoms with Crippen LogP contribution in [0.25, 0.3) is 11.1 Å². The van der Waals surface area contributed by atoms with Crippen molar-refractivity contribution in [2.75, 3.05) is 10.2 Å². The van der Waals surface area contributed by atoms with Crippen LogP contribution in [0, 0.1) is 25.7 Å². The van der Waals surface area contributed by atoms with Gasteiger partial charge in [-0.25, -0.2) is 0 Å². The van der Waals surface area contributed by atoms with E-state index >= 15 is 0 Å². The summed E-state index contributed by atoms with van der Waals surface area (Å²) in [5.41, 5.74) is 21.9. The lowest BCUT2D eigenvalue weighted by atomic mass is 9.48. The van der Waals surface area contributed by atoms with Crippen LogP contribution in [0.1, 0.15) is 143 Å². The van der Waals surface area contributed by atoms with Gasteiger partial charge < -0.3 is 10.2 Å². The van der Waals surface area contributed by atoms with Crippen LogP contribution in [-0.4, -0.2) is 6.04 Å². The van der Waals surface area contributed by atoms with Gasteiger partial charge in [-0.3, -0.25) is 0 Å². The number of allylic oxidation sites excluding steroid dienone is 1. The number of hydrogen-bond donors (Lipinski definition) is 1. The topological polar surface area (TPSA) is 15.3 Å². The van der Waals surface area contributed by atoms with Crippen molar-refractivity contribution < 1.29 is 0 Å². The minimum atomic E-state index is 0.193. The molecule has 5 atom stereocenters. The molecule has 5 unspecified atom stereocenters. The van der Waals surface area contributed by atoms with Crippen LogP contribution in [0.4, 0.5) is 22.7 Å². The second kappa shape index (κ2) is 16.7. The lowest BCUT2D eigenvalue weighted by molar-refractivity contribution is 0.168. The van der Waals surface area contributed by atoms with E-state index in [0.29, 0.717) is 17.9 Å². The average molecular weight is 795 g/mol. The van der Waals surface area contributed by atoms with Gasteiger partial charge >= 0.3 is 0 Å². The van der Waals surface area contributed by atoms with Crippen LogP contribution in [0.5, 0.6) is 0 Å². The Labute approximate surface area is 362 Å². The van der Waals surface area contributed by atoms with Crippen molar-refractivity contribution >= 4 is 22.7 Å². The van der Waals surface area contributed by atoms with Gasteiger partial charge in [0.1, 0.15) is 0 Å². The van der Waals surface area contributed by atoms with Crippen molar-refractivity contribution in [1.29, 1.82) is 0 Å². The number of unbranched alkanes of at least 4 members (excludes halogenated alkanes) is 1. The van der Waals surface area contributed by atoms with Crippen LogP contribution in [0.15, 0.2) is 109 Å². The summed E-state index contributed by atoms with van der Waals surface area (Å²) in [5.74, 6) is 1.15. The first kappa shape index (κ1) is 40.8. The zero-order valence-corrected chi connectivity index (χ0v) is 37.9. The fraction of sp³-hybridized carbons (Fsp3) is 0.448. The Bertz CT molecular complexity index is 2340. The highest BCUT2D eigenvalue weighted by Gasteiger charge is 2.60. The molecular formula is C58H70N2. The van der Waals surface area contributed by atoms with E-state index in [2.05, 4.69) is 162 Å². The molecule has 0 saturated heterocycles. The van der Waals surface area contributed by atoms with E-state index < -0.39 is 0 Å². The molecule has 2 heteroatoms. The summed E-state index contributed by atoms with van der Waals surface area (Å²) in [6.07, 6.45) is 20.0. The van der Waals surface area contributed by atoms with Crippen molar-refractivity contribution in [3.63, 3.8) is 0 Å². The minimum absolute atomic E-state index is 0.193. The molecule has 9 rings (SSSR count). The number of aryl methyl sites for hydroxylation is 5. The largest absolute Gasteiger partial charge is 0.378 e. The highest BCUT2D eigenvalue weighted by atomic mass is 15.1. The van der Waals surface area contributed by atoms with E-state index in [1.807, 2.05) is 0 Å². The Balaban J connectivity index is 1.09. The molecular weight excluding hydrogens is 725 g/mol. The normalized spacial score (nSPS) is 24.2. The van der Waals surface area contributed by atoms with Crippen LogP contribution in [0.2, 0.25) is 0 Å². The van der Waals surface area contributed by atoms with E-state index in [9.17, 15) is 0 Å². The van der Waals surface area contributed by atoms with Gasteiger partial charge in [0, 0.05) is 33.9 Å². The molecule has 4 aliphatic rings. The van der Waals surface area contributed by atoms with Gasteiger partial charge in [0.2, 0.25) is 0 Å². The van der Waals surface area contributed by atoms with Crippen LogP contribution in [0.3, 0.4) is 0 Å². The zero-order chi connectivity index (χ0) is 41.6. The van der Waals surface area contributed by atoms with E-state index in [4.69, 9.17) is 0 Å². The molecule has 2 nitrogen and oxygen atoms in total. The molecule has 0 spiro atoms. The summed E-state index contributed by atoms with van der Waals surface area (Å²) in [5, 5.41) is 3.90. The van der Waals surface area contributed by atoms with Crippen molar-refractivity contribution in [1.82, 2.24) is 0 Å². The maximum absolute atomic E-state index is 3.90. The molecule has 2 saturated carbocycles. The highest BCUT2D eigenvalue weighted by molar-refractivity contribution is 5.86. The lowest BCUT2D eigenvalue weighted by Gasteiger charge is -2.55. The van der Waals surface area contributed by atoms with E-state index in [1.165, 1.54) is 137 Å². The molecule has 0 heterocycles. The van der Waals surface area contributed by atoms with Gasteiger partial charge in [-0.05, 0) is 189 Å². The first-order chi connectivity index (χ1) is 29.2. The van der Waals surface area contributed by atoms with E-state index in [-0.39, 0.29) is 10.8 Å². The maximum Gasteiger partial charge on any atom is 0.0520 e. The number of benzene rings is 5. The summed E-state index contributed by atoms with van der Waals surface area (Å²) < 4.78 is 0. The van der Waals surface area contributed by atoms with Crippen LogP contribution < -0.4 is 10.2 Å².